The highest BCUT2D eigenvalue weighted by Crippen LogP contribution is 2.09. The molecule has 0 radical (unpaired) electrons. The van der Waals surface area contributed by atoms with Gasteiger partial charge in [-0.25, -0.2) is 0 Å². The van der Waals surface area contributed by atoms with E-state index in [1.54, 1.807) is 0 Å². The molecule has 2 heterocycles. The summed E-state index contributed by atoms with van der Waals surface area (Å²) in [6, 6.07) is 0.762. The minimum atomic E-state index is 0.762. The van der Waals surface area contributed by atoms with Crippen LogP contribution in [0.2, 0.25) is 0 Å². The number of nitrogens with one attached hydrogen (secondary N) is 1. The molecular formula is C14H29N3O. The van der Waals surface area contributed by atoms with Crippen LogP contribution in [0, 0.1) is 0 Å². The number of ether oxygens (including phenoxy) is 1. The summed E-state index contributed by atoms with van der Waals surface area (Å²) in [6.45, 7) is 12.5. The van der Waals surface area contributed by atoms with Gasteiger partial charge in [-0.15, -0.1) is 0 Å². The highest BCUT2D eigenvalue weighted by molar-refractivity contribution is 4.76. The fourth-order valence-corrected chi connectivity index (χ4v) is 2.89. The Kier molecular flexibility index (Phi) is 6.41. The van der Waals surface area contributed by atoms with E-state index in [-0.39, 0.29) is 0 Å². The quantitative estimate of drug-likeness (QED) is 0.710. The van der Waals surface area contributed by atoms with Gasteiger partial charge in [-0.2, -0.15) is 0 Å². The van der Waals surface area contributed by atoms with E-state index in [2.05, 4.69) is 22.0 Å². The number of hydrogen-bond acceptors (Lipinski definition) is 4. The van der Waals surface area contributed by atoms with Gasteiger partial charge in [0.25, 0.3) is 0 Å². The summed E-state index contributed by atoms with van der Waals surface area (Å²) >= 11 is 0. The number of rotatable bonds is 6. The lowest BCUT2D eigenvalue weighted by molar-refractivity contribution is 0.0373. The largest absolute Gasteiger partial charge is 0.379 e. The Morgan fingerprint density at radius 3 is 2.44 bits per heavy atom. The van der Waals surface area contributed by atoms with Crippen molar-refractivity contribution in [2.24, 2.45) is 0 Å². The summed E-state index contributed by atoms with van der Waals surface area (Å²) in [5.41, 5.74) is 0. The van der Waals surface area contributed by atoms with Crippen LogP contribution in [-0.4, -0.2) is 74.9 Å². The molecule has 0 aromatic carbocycles. The van der Waals surface area contributed by atoms with Gasteiger partial charge in [0.05, 0.1) is 13.2 Å². The maximum Gasteiger partial charge on any atom is 0.0594 e. The zero-order valence-electron chi connectivity index (χ0n) is 11.9. The molecule has 2 aliphatic rings. The van der Waals surface area contributed by atoms with Crippen LogP contribution in [0.15, 0.2) is 0 Å². The molecule has 1 N–H and O–H groups in total. The van der Waals surface area contributed by atoms with Crippen molar-refractivity contribution < 1.29 is 4.74 Å². The predicted molar refractivity (Wildman–Crippen MR) is 75.0 cm³/mol. The van der Waals surface area contributed by atoms with E-state index in [4.69, 9.17) is 4.74 Å². The van der Waals surface area contributed by atoms with Gasteiger partial charge in [-0.1, -0.05) is 6.92 Å². The minimum absolute atomic E-state index is 0.762. The van der Waals surface area contributed by atoms with Crippen LogP contribution >= 0.6 is 0 Å². The topological polar surface area (TPSA) is 27.7 Å². The van der Waals surface area contributed by atoms with Crippen LogP contribution in [0.5, 0.6) is 0 Å². The lowest BCUT2D eigenvalue weighted by Gasteiger charge is -2.32. The average Bonchev–Trinajstić information content (AvgIpc) is 2.45. The fourth-order valence-electron chi connectivity index (χ4n) is 2.89. The van der Waals surface area contributed by atoms with Crippen LogP contribution in [0.4, 0.5) is 0 Å². The van der Waals surface area contributed by atoms with Crippen LogP contribution < -0.4 is 5.32 Å². The molecule has 2 aliphatic heterocycles. The van der Waals surface area contributed by atoms with E-state index in [0.717, 1.165) is 32.3 Å². The van der Waals surface area contributed by atoms with Crippen molar-refractivity contribution in [2.75, 3.05) is 59.0 Å². The van der Waals surface area contributed by atoms with E-state index < -0.39 is 0 Å². The summed E-state index contributed by atoms with van der Waals surface area (Å²) in [6.07, 6.45) is 3.92. The van der Waals surface area contributed by atoms with Gasteiger partial charge in [0.15, 0.2) is 0 Å². The zero-order valence-corrected chi connectivity index (χ0v) is 11.9. The first-order chi connectivity index (χ1) is 8.88. The molecule has 0 atom stereocenters. The molecule has 0 unspecified atom stereocenters. The number of piperidine rings is 1. The second-order valence-corrected chi connectivity index (χ2v) is 5.47. The summed E-state index contributed by atoms with van der Waals surface area (Å²) < 4.78 is 5.36. The molecule has 4 heteroatoms. The number of morpholine rings is 1. The van der Waals surface area contributed by atoms with E-state index in [1.807, 2.05) is 0 Å². The van der Waals surface area contributed by atoms with Crippen molar-refractivity contribution in [1.82, 2.24) is 15.1 Å². The maximum absolute atomic E-state index is 5.36. The van der Waals surface area contributed by atoms with E-state index in [9.17, 15) is 0 Å². The van der Waals surface area contributed by atoms with Gasteiger partial charge in [0.2, 0.25) is 0 Å². The summed E-state index contributed by atoms with van der Waals surface area (Å²) in [5, 5.41) is 3.72. The first-order valence-corrected chi connectivity index (χ1v) is 7.64. The van der Waals surface area contributed by atoms with Gasteiger partial charge in [0, 0.05) is 19.1 Å². The van der Waals surface area contributed by atoms with E-state index in [1.165, 1.54) is 52.0 Å². The van der Waals surface area contributed by atoms with Crippen molar-refractivity contribution >= 4 is 0 Å². The molecule has 0 aromatic heterocycles. The first-order valence-electron chi connectivity index (χ1n) is 7.64. The molecule has 2 saturated heterocycles. The molecule has 2 fully saturated rings. The second-order valence-electron chi connectivity index (χ2n) is 5.47. The van der Waals surface area contributed by atoms with Gasteiger partial charge in [-0.3, -0.25) is 4.90 Å². The van der Waals surface area contributed by atoms with Gasteiger partial charge in [-0.05, 0) is 52.0 Å². The third-order valence-corrected chi connectivity index (χ3v) is 4.22. The minimum Gasteiger partial charge on any atom is -0.379 e. The monoisotopic (exact) mass is 255 g/mol. The zero-order chi connectivity index (χ0) is 12.6. The second kappa shape index (κ2) is 8.10. The molecule has 0 saturated carbocycles. The van der Waals surface area contributed by atoms with Gasteiger partial charge < -0.3 is 15.0 Å². The Morgan fingerprint density at radius 1 is 1.06 bits per heavy atom. The number of hydrogen-bond donors (Lipinski definition) is 1. The van der Waals surface area contributed by atoms with Crippen molar-refractivity contribution in [2.45, 2.75) is 32.2 Å². The fraction of sp³-hybridized carbons (Fsp3) is 1.00. The summed E-state index contributed by atoms with van der Waals surface area (Å²) in [5.74, 6) is 0. The summed E-state index contributed by atoms with van der Waals surface area (Å²) in [7, 11) is 0. The van der Waals surface area contributed by atoms with Crippen molar-refractivity contribution in [3.05, 3.63) is 0 Å². The SMILES string of the molecule is CCN1CCC(NCCCN2CCOCC2)CC1. The average molecular weight is 255 g/mol. The van der Waals surface area contributed by atoms with Crippen LogP contribution in [0.3, 0.4) is 0 Å². The molecule has 0 spiro atoms. The molecule has 0 aliphatic carbocycles. The molecular weight excluding hydrogens is 226 g/mol. The molecule has 0 amide bonds. The molecule has 0 bridgehead atoms. The Labute approximate surface area is 112 Å². The van der Waals surface area contributed by atoms with Gasteiger partial charge >= 0.3 is 0 Å². The van der Waals surface area contributed by atoms with E-state index >= 15 is 0 Å². The Hall–Kier alpha value is -0.160. The van der Waals surface area contributed by atoms with Crippen LogP contribution in [-0.2, 0) is 4.74 Å². The lowest BCUT2D eigenvalue weighted by atomic mass is 10.1. The van der Waals surface area contributed by atoms with Crippen LogP contribution in [0.1, 0.15) is 26.2 Å². The molecule has 2 rings (SSSR count). The molecule has 18 heavy (non-hydrogen) atoms. The van der Waals surface area contributed by atoms with Crippen molar-refractivity contribution in [3.63, 3.8) is 0 Å². The smallest absolute Gasteiger partial charge is 0.0594 e. The highest BCUT2D eigenvalue weighted by Gasteiger charge is 2.17. The third-order valence-electron chi connectivity index (χ3n) is 4.22. The summed E-state index contributed by atoms with van der Waals surface area (Å²) in [4.78, 5) is 5.07. The lowest BCUT2D eigenvalue weighted by Crippen LogP contribution is -2.43. The maximum atomic E-state index is 5.36. The Morgan fingerprint density at radius 2 is 1.78 bits per heavy atom. The number of nitrogens with zero attached hydrogens (tertiary/aromatic N) is 2. The molecule has 0 aromatic rings. The molecule has 106 valence electrons. The van der Waals surface area contributed by atoms with E-state index in [0.29, 0.717) is 0 Å². The number of likely N-dealkylation sites (tertiary alicyclic amines) is 1. The highest BCUT2D eigenvalue weighted by atomic mass is 16.5. The van der Waals surface area contributed by atoms with Crippen molar-refractivity contribution in [1.29, 1.82) is 0 Å². The predicted octanol–water partition coefficient (Wildman–Crippen LogP) is 0.783. The third kappa shape index (κ3) is 4.84. The normalized spacial score (nSPS) is 24.5. The van der Waals surface area contributed by atoms with Gasteiger partial charge in [0.1, 0.15) is 0 Å². The standard InChI is InChI=1S/C14H29N3O/c1-2-16-8-4-14(5-9-16)15-6-3-7-17-10-12-18-13-11-17/h14-15H,2-13H2,1H3. The van der Waals surface area contributed by atoms with Crippen molar-refractivity contribution in [3.8, 4) is 0 Å². The first kappa shape index (κ1) is 14.3. The Balaban J connectivity index is 1.48. The molecule has 4 nitrogen and oxygen atoms in total. The Bertz CT molecular complexity index is 211. The van der Waals surface area contributed by atoms with Crippen LogP contribution in [0.25, 0.3) is 0 Å².